The molecule has 0 spiro atoms. The SMILES string of the molecule is CCCCC#C/C(=C\c1cccc2ccccc12)C(C)C. The van der Waals surface area contributed by atoms with Gasteiger partial charge in [-0.15, -0.1) is 0 Å². The van der Waals surface area contributed by atoms with E-state index in [-0.39, 0.29) is 0 Å². The summed E-state index contributed by atoms with van der Waals surface area (Å²) in [5.41, 5.74) is 2.49. The molecule has 0 N–H and O–H groups in total. The predicted octanol–water partition coefficient (Wildman–Crippen LogP) is 6.07. The topological polar surface area (TPSA) is 0 Å². The summed E-state index contributed by atoms with van der Waals surface area (Å²) in [6.45, 7) is 6.63. The first-order chi connectivity index (χ1) is 10.2. The first-order valence-electron chi connectivity index (χ1n) is 7.90. The highest BCUT2D eigenvalue weighted by Gasteiger charge is 2.03. The highest BCUT2D eigenvalue weighted by atomic mass is 14.1. The second-order valence-electron chi connectivity index (χ2n) is 5.73. The van der Waals surface area contributed by atoms with Gasteiger partial charge in [0.1, 0.15) is 0 Å². The molecule has 0 radical (unpaired) electrons. The van der Waals surface area contributed by atoms with E-state index in [1.165, 1.54) is 34.8 Å². The molecule has 2 rings (SSSR count). The van der Waals surface area contributed by atoms with Gasteiger partial charge in [0, 0.05) is 12.0 Å². The molecule has 0 heterocycles. The van der Waals surface area contributed by atoms with Crippen LogP contribution in [-0.4, -0.2) is 0 Å². The van der Waals surface area contributed by atoms with Crippen molar-refractivity contribution in [3.05, 3.63) is 53.6 Å². The average molecular weight is 276 g/mol. The van der Waals surface area contributed by atoms with Gasteiger partial charge < -0.3 is 0 Å². The summed E-state index contributed by atoms with van der Waals surface area (Å²) in [6.07, 6.45) is 5.65. The van der Waals surface area contributed by atoms with Crippen LogP contribution in [-0.2, 0) is 0 Å². The lowest BCUT2D eigenvalue weighted by atomic mass is 9.97. The Hall–Kier alpha value is -2.00. The third-order valence-electron chi connectivity index (χ3n) is 3.64. The lowest BCUT2D eigenvalue weighted by Gasteiger charge is -2.07. The molecule has 0 aliphatic heterocycles. The molecule has 0 amide bonds. The molecule has 0 saturated carbocycles. The van der Waals surface area contributed by atoms with Crippen molar-refractivity contribution < 1.29 is 0 Å². The van der Waals surface area contributed by atoms with Crippen LogP contribution in [0.25, 0.3) is 16.8 Å². The number of allylic oxidation sites excluding steroid dienone is 1. The minimum atomic E-state index is 0.457. The molecule has 0 fully saturated rings. The van der Waals surface area contributed by atoms with Crippen molar-refractivity contribution in [1.29, 1.82) is 0 Å². The molecule has 2 aromatic carbocycles. The van der Waals surface area contributed by atoms with E-state index in [1.54, 1.807) is 0 Å². The summed E-state index contributed by atoms with van der Waals surface area (Å²) in [6, 6.07) is 15.0. The second-order valence-corrected chi connectivity index (χ2v) is 5.73. The summed E-state index contributed by atoms with van der Waals surface area (Å²) in [4.78, 5) is 0. The molecule has 0 bridgehead atoms. The van der Waals surface area contributed by atoms with Gasteiger partial charge in [0.05, 0.1) is 0 Å². The van der Waals surface area contributed by atoms with E-state index in [0.717, 1.165) is 6.42 Å². The van der Waals surface area contributed by atoms with Gasteiger partial charge in [0.15, 0.2) is 0 Å². The molecular weight excluding hydrogens is 252 g/mol. The fourth-order valence-electron chi connectivity index (χ4n) is 2.32. The Labute approximate surface area is 128 Å². The predicted molar refractivity (Wildman–Crippen MR) is 94.1 cm³/mol. The van der Waals surface area contributed by atoms with Crippen LogP contribution in [0, 0.1) is 17.8 Å². The Morgan fingerprint density at radius 3 is 2.62 bits per heavy atom. The molecule has 0 atom stereocenters. The van der Waals surface area contributed by atoms with E-state index in [1.807, 2.05) is 0 Å². The van der Waals surface area contributed by atoms with Crippen LogP contribution in [0.15, 0.2) is 48.0 Å². The molecule has 0 aliphatic carbocycles. The molecule has 2 aromatic rings. The lowest BCUT2D eigenvalue weighted by Crippen LogP contribution is -1.91. The Balaban J connectivity index is 2.38. The van der Waals surface area contributed by atoms with Crippen LogP contribution in [0.2, 0.25) is 0 Å². The lowest BCUT2D eigenvalue weighted by molar-refractivity contribution is 0.801. The van der Waals surface area contributed by atoms with Crippen LogP contribution in [0.4, 0.5) is 0 Å². The van der Waals surface area contributed by atoms with E-state index in [0.29, 0.717) is 5.92 Å². The van der Waals surface area contributed by atoms with Crippen LogP contribution in [0.5, 0.6) is 0 Å². The number of hydrogen-bond acceptors (Lipinski definition) is 0. The largest absolute Gasteiger partial charge is 0.0982 e. The quantitative estimate of drug-likeness (QED) is 0.469. The van der Waals surface area contributed by atoms with E-state index < -0.39 is 0 Å². The molecule has 0 aliphatic rings. The molecule has 0 saturated heterocycles. The minimum absolute atomic E-state index is 0.457. The standard InChI is InChI=1S/C21H24/c1-4-5-6-7-12-19(17(2)3)16-20-14-10-13-18-11-8-9-15-21(18)20/h8-11,13-17H,4-6H2,1-3H3/b19-16+. The van der Waals surface area contributed by atoms with Gasteiger partial charge in [-0.25, -0.2) is 0 Å². The fraction of sp³-hybridized carbons (Fsp3) is 0.333. The third kappa shape index (κ3) is 4.23. The summed E-state index contributed by atoms with van der Waals surface area (Å²) >= 11 is 0. The number of rotatable bonds is 4. The van der Waals surface area contributed by atoms with Crippen LogP contribution < -0.4 is 0 Å². The summed E-state index contributed by atoms with van der Waals surface area (Å²) in [7, 11) is 0. The zero-order valence-corrected chi connectivity index (χ0v) is 13.3. The van der Waals surface area contributed by atoms with Gasteiger partial charge >= 0.3 is 0 Å². The van der Waals surface area contributed by atoms with Crippen molar-refractivity contribution >= 4 is 16.8 Å². The van der Waals surface area contributed by atoms with E-state index in [4.69, 9.17) is 0 Å². The number of hydrogen-bond donors (Lipinski definition) is 0. The van der Waals surface area contributed by atoms with Gasteiger partial charge in [0.2, 0.25) is 0 Å². The van der Waals surface area contributed by atoms with Gasteiger partial charge in [-0.3, -0.25) is 0 Å². The molecule has 0 heteroatoms. The van der Waals surface area contributed by atoms with Gasteiger partial charge in [0.25, 0.3) is 0 Å². The Bertz CT molecular complexity index is 672. The molecule has 0 aromatic heterocycles. The Morgan fingerprint density at radius 2 is 1.86 bits per heavy atom. The van der Waals surface area contributed by atoms with Gasteiger partial charge in [-0.1, -0.05) is 81.5 Å². The maximum atomic E-state index is 3.38. The van der Waals surface area contributed by atoms with E-state index >= 15 is 0 Å². The third-order valence-corrected chi connectivity index (χ3v) is 3.64. The van der Waals surface area contributed by atoms with Crippen LogP contribution >= 0.6 is 0 Å². The van der Waals surface area contributed by atoms with Crippen molar-refractivity contribution in [2.45, 2.75) is 40.0 Å². The first-order valence-corrected chi connectivity index (χ1v) is 7.90. The highest BCUT2D eigenvalue weighted by Crippen LogP contribution is 2.22. The van der Waals surface area contributed by atoms with Crippen LogP contribution in [0.1, 0.15) is 45.6 Å². The zero-order valence-electron chi connectivity index (χ0n) is 13.3. The Kier molecular flexibility index (Phi) is 5.64. The number of unbranched alkanes of at least 4 members (excludes halogenated alkanes) is 2. The van der Waals surface area contributed by atoms with Crippen molar-refractivity contribution in [2.75, 3.05) is 0 Å². The highest BCUT2D eigenvalue weighted by molar-refractivity contribution is 5.91. The smallest absolute Gasteiger partial charge is 0.00922 e. The van der Waals surface area contributed by atoms with Crippen molar-refractivity contribution in [3.63, 3.8) is 0 Å². The van der Waals surface area contributed by atoms with E-state index in [9.17, 15) is 0 Å². The van der Waals surface area contributed by atoms with Crippen LogP contribution in [0.3, 0.4) is 0 Å². The molecule has 0 nitrogen and oxygen atoms in total. The normalized spacial score (nSPS) is 11.5. The summed E-state index contributed by atoms with van der Waals surface area (Å²) in [5, 5.41) is 2.59. The maximum absolute atomic E-state index is 3.38. The second kappa shape index (κ2) is 7.70. The first kappa shape index (κ1) is 15.4. The fourth-order valence-corrected chi connectivity index (χ4v) is 2.32. The molecular formula is C21H24. The molecule has 0 unspecified atom stereocenters. The number of benzene rings is 2. The summed E-state index contributed by atoms with van der Waals surface area (Å²) < 4.78 is 0. The van der Waals surface area contributed by atoms with Gasteiger partial charge in [-0.05, 0) is 34.8 Å². The zero-order chi connectivity index (χ0) is 15.1. The molecule has 108 valence electrons. The monoisotopic (exact) mass is 276 g/mol. The maximum Gasteiger partial charge on any atom is 0.00922 e. The van der Waals surface area contributed by atoms with Crippen molar-refractivity contribution in [1.82, 2.24) is 0 Å². The molecule has 21 heavy (non-hydrogen) atoms. The van der Waals surface area contributed by atoms with Crippen molar-refractivity contribution in [3.8, 4) is 11.8 Å². The number of fused-ring (bicyclic) bond motifs is 1. The minimum Gasteiger partial charge on any atom is -0.0982 e. The van der Waals surface area contributed by atoms with E-state index in [2.05, 4.69) is 81.2 Å². The average Bonchev–Trinajstić information content (AvgIpc) is 2.50. The summed E-state index contributed by atoms with van der Waals surface area (Å²) in [5.74, 6) is 7.15. The van der Waals surface area contributed by atoms with Crippen molar-refractivity contribution in [2.24, 2.45) is 5.92 Å². The Morgan fingerprint density at radius 1 is 1.10 bits per heavy atom. The van der Waals surface area contributed by atoms with Gasteiger partial charge in [-0.2, -0.15) is 0 Å².